The first kappa shape index (κ1) is 20.3. The van der Waals surface area contributed by atoms with Gasteiger partial charge in [-0.25, -0.2) is 9.97 Å². The Morgan fingerprint density at radius 2 is 1.58 bits per heavy atom. The van der Waals surface area contributed by atoms with Crippen molar-refractivity contribution in [2.45, 2.75) is 19.9 Å². The molecule has 2 N–H and O–H groups in total. The van der Waals surface area contributed by atoms with Crippen LogP contribution in [0.15, 0.2) is 91.3 Å². The van der Waals surface area contributed by atoms with E-state index in [2.05, 4.69) is 32.7 Å². The molecule has 0 saturated carbocycles. The molecule has 4 rings (SSSR count). The van der Waals surface area contributed by atoms with E-state index in [0.29, 0.717) is 11.4 Å². The van der Waals surface area contributed by atoms with Gasteiger partial charge in [-0.05, 0) is 43.7 Å². The molecule has 1 heterocycles. The summed E-state index contributed by atoms with van der Waals surface area (Å²) in [6.07, 6.45) is 1.54. The van der Waals surface area contributed by atoms with E-state index in [4.69, 9.17) is 0 Å². The van der Waals surface area contributed by atoms with Crippen LogP contribution in [0, 0.1) is 6.92 Å². The molecule has 0 aliphatic heterocycles. The largest absolute Gasteiger partial charge is 0.346 e. The van der Waals surface area contributed by atoms with Gasteiger partial charge in [0.05, 0.1) is 11.7 Å². The number of anilines is 2. The monoisotopic (exact) mass is 408 g/mol. The van der Waals surface area contributed by atoms with E-state index in [0.717, 1.165) is 22.5 Å². The Hall–Kier alpha value is -3.99. The van der Waals surface area contributed by atoms with Gasteiger partial charge in [0, 0.05) is 22.9 Å². The van der Waals surface area contributed by atoms with E-state index in [9.17, 15) is 4.79 Å². The van der Waals surface area contributed by atoms with Gasteiger partial charge in [0.2, 0.25) is 0 Å². The normalized spacial score (nSPS) is 11.5. The second kappa shape index (κ2) is 9.22. The van der Waals surface area contributed by atoms with Crippen LogP contribution in [0.2, 0.25) is 0 Å². The van der Waals surface area contributed by atoms with E-state index < -0.39 is 0 Å². The fourth-order valence-electron chi connectivity index (χ4n) is 3.26. The molecule has 1 amide bonds. The number of aryl methyl sites for hydroxylation is 1. The van der Waals surface area contributed by atoms with Crippen LogP contribution in [0.1, 0.15) is 34.5 Å². The van der Waals surface area contributed by atoms with Crippen molar-refractivity contribution in [1.82, 2.24) is 15.3 Å². The average molecular weight is 409 g/mol. The highest BCUT2D eigenvalue weighted by molar-refractivity contribution is 5.94. The van der Waals surface area contributed by atoms with E-state index >= 15 is 0 Å². The first-order chi connectivity index (χ1) is 15.1. The lowest BCUT2D eigenvalue weighted by Crippen LogP contribution is -2.26. The smallest absolute Gasteiger partial charge is 0.251 e. The maximum atomic E-state index is 12.6. The summed E-state index contributed by atoms with van der Waals surface area (Å²) in [4.78, 5) is 21.3. The Labute approximate surface area is 182 Å². The van der Waals surface area contributed by atoms with Crippen LogP contribution in [0.3, 0.4) is 0 Å². The van der Waals surface area contributed by atoms with Crippen LogP contribution in [-0.2, 0) is 0 Å². The number of nitrogens with one attached hydrogen (secondary N) is 2. The SMILES string of the molecule is Cc1ccc([C@@H](C)NC(=O)c2ccc(Nc3cc(-c4ccccc4)ncn3)cc2)cc1. The summed E-state index contributed by atoms with van der Waals surface area (Å²) in [6, 6.07) is 27.3. The zero-order chi connectivity index (χ0) is 21.6. The zero-order valence-corrected chi connectivity index (χ0v) is 17.5. The third-order valence-corrected chi connectivity index (χ3v) is 5.08. The van der Waals surface area contributed by atoms with Crippen LogP contribution >= 0.6 is 0 Å². The average Bonchev–Trinajstić information content (AvgIpc) is 2.81. The van der Waals surface area contributed by atoms with E-state index in [1.54, 1.807) is 18.5 Å². The number of hydrogen-bond acceptors (Lipinski definition) is 4. The molecule has 0 unspecified atom stereocenters. The maximum absolute atomic E-state index is 12.6. The van der Waals surface area contributed by atoms with Gasteiger partial charge in [-0.15, -0.1) is 0 Å². The number of carbonyl (C=O) groups excluding carboxylic acids is 1. The van der Waals surface area contributed by atoms with Gasteiger partial charge in [-0.3, -0.25) is 4.79 Å². The van der Waals surface area contributed by atoms with Crippen LogP contribution in [-0.4, -0.2) is 15.9 Å². The van der Waals surface area contributed by atoms with Gasteiger partial charge in [-0.1, -0.05) is 60.2 Å². The highest BCUT2D eigenvalue weighted by atomic mass is 16.1. The standard InChI is InChI=1S/C26H24N4O/c1-18-8-10-20(11-9-18)19(2)29-26(31)22-12-14-23(15-13-22)30-25-16-24(27-17-28-25)21-6-4-3-5-7-21/h3-17,19H,1-2H3,(H,29,31)(H,27,28,30)/t19-/m1/s1. The van der Waals surface area contributed by atoms with E-state index in [1.165, 1.54) is 5.56 Å². The Morgan fingerprint density at radius 1 is 0.871 bits per heavy atom. The van der Waals surface area contributed by atoms with Crippen molar-refractivity contribution in [3.63, 3.8) is 0 Å². The first-order valence-corrected chi connectivity index (χ1v) is 10.2. The second-order valence-electron chi connectivity index (χ2n) is 7.46. The van der Waals surface area contributed by atoms with E-state index in [-0.39, 0.29) is 11.9 Å². The summed E-state index contributed by atoms with van der Waals surface area (Å²) in [5.41, 5.74) is 5.61. The lowest BCUT2D eigenvalue weighted by Gasteiger charge is -2.15. The molecule has 0 radical (unpaired) electrons. The number of carbonyl (C=O) groups is 1. The minimum absolute atomic E-state index is 0.0664. The number of nitrogens with zero attached hydrogens (tertiary/aromatic N) is 2. The van der Waals surface area contributed by atoms with Crippen LogP contribution in [0.5, 0.6) is 0 Å². The van der Waals surface area contributed by atoms with Crippen molar-refractivity contribution in [1.29, 1.82) is 0 Å². The molecule has 0 saturated heterocycles. The van der Waals surface area contributed by atoms with Gasteiger partial charge >= 0.3 is 0 Å². The molecular formula is C26H24N4O. The summed E-state index contributed by atoms with van der Waals surface area (Å²) in [5, 5.41) is 6.32. The lowest BCUT2D eigenvalue weighted by atomic mass is 10.1. The molecule has 5 nitrogen and oxygen atoms in total. The van der Waals surface area contributed by atoms with Gasteiger partial charge < -0.3 is 10.6 Å². The quantitative estimate of drug-likeness (QED) is 0.430. The molecule has 3 aromatic carbocycles. The molecule has 0 bridgehead atoms. The minimum Gasteiger partial charge on any atom is -0.346 e. The van der Waals surface area contributed by atoms with Crippen molar-refractivity contribution in [3.05, 3.63) is 108 Å². The molecule has 0 aliphatic rings. The van der Waals surface area contributed by atoms with Crippen LogP contribution in [0.4, 0.5) is 11.5 Å². The Morgan fingerprint density at radius 3 is 2.29 bits per heavy atom. The number of aromatic nitrogens is 2. The molecule has 31 heavy (non-hydrogen) atoms. The van der Waals surface area contributed by atoms with Crippen molar-refractivity contribution in [2.24, 2.45) is 0 Å². The Kier molecular flexibility index (Phi) is 6.03. The predicted octanol–water partition coefficient (Wildman–Crippen LogP) is 5.69. The molecule has 5 heteroatoms. The number of amides is 1. The molecule has 0 fully saturated rings. The van der Waals surface area contributed by atoms with E-state index in [1.807, 2.05) is 74.5 Å². The Balaban J connectivity index is 1.41. The fraction of sp³-hybridized carbons (Fsp3) is 0.115. The first-order valence-electron chi connectivity index (χ1n) is 10.2. The lowest BCUT2D eigenvalue weighted by molar-refractivity contribution is 0.0940. The highest BCUT2D eigenvalue weighted by Gasteiger charge is 2.11. The number of rotatable bonds is 6. The maximum Gasteiger partial charge on any atom is 0.251 e. The highest BCUT2D eigenvalue weighted by Crippen LogP contribution is 2.21. The zero-order valence-electron chi connectivity index (χ0n) is 17.5. The topological polar surface area (TPSA) is 66.9 Å². The summed E-state index contributed by atoms with van der Waals surface area (Å²) < 4.78 is 0. The third-order valence-electron chi connectivity index (χ3n) is 5.08. The molecule has 4 aromatic rings. The second-order valence-corrected chi connectivity index (χ2v) is 7.46. The number of benzene rings is 3. The molecule has 0 spiro atoms. The van der Waals surface area contributed by atoms with Crippen molar-refractivity contribution in [3.8, 4) is 11.3 Å². The fourth-order valence-corrected chi connectivity index (χ4v) is 3.26. The Bertz CT molecular complexity index is 1160. The molecular weight excluding hydrogens is 384 g/mol. The number of hydrogen-bond donors (Lipinski definition) is 2. The van der Waals surface area contributed by atoms with Crippen LogP contribution in [0.25, 0.3) is 11.3 Å². The van der Waals surface area contributed by atoms with Crippen LogP contribution < -0.4 is 10.6 Å². The predicted molar refractivity (Wildman–Crippen MR) is 124 cm³/mol. The summed E-state index contributed by atoms with van der Waals surface area (Å²) >= 11 is 0. The summed E-state index contributed by atoms with van der Waals surface area (Å²) in [5.74, 6) is 0.590. The summed E-state index contributed by atoms with van der Waals surface area (Å²) in [6.45, 7) is 4.03. The van der Waals surface area contributed by atoms with Gasteiger partial charge in [0.1, 0.15) is 12.1 Å². The molecule has 1 atom stereocenters. The van der Waals surface area contributed by atoms with Gasteiger partial charge in [0.15, 0.2) is 0 Å². The molecule has 154 valence electrons. The molecule has 1 aromatic heterocycles. The van der Waals surface area contributed by atoms with Gasteiger partial charge in [0.25, 0.3) is 5.91 Å². The summed E-state index contributed by atoms with van der Waals surface area (Å²) in [7, 11) is 0. The van der Waals surface area contributed by atoms with Crippen molar-refractivity contribution >= 4 is 17.4 Å². The third kappa shape index (κ3) is 5.14. The minimum atomic E-state index is -0.104. The molecule has 0 aliphatic carbocycles. The van der Waals surface area contributed by atoms with Crippen molar-refractivity contribution in [2.75, 3.05) is 5.32 Å². The van der Waals surface area contributed by atoms with Gasteiger partial charge in [-0.2, -0.15) is 0 Å². The van der Waals surface area contributed by atoms with Crippen molar-refractivity contribution < 1.29 is 4.79 Å².